The number of esters is 1. The van der Waals surface area contributed by atoms with Gasteiger partial charge in [-0.3, -0.25) is 10.5 Å². The number of nitrogens with zero attached hydrogens (tertiary/aromatic N) is 4. The average Bonchev–Trinajstić information content (AvgIpc) is 3.24. The zero-order valence-electron chi connectivity index (χ0n) is 13.8. The molecule has 3 aromatic heterocycles. The second kappa shape index (κ2) is 7.68. The smallest absolute Gasteiger partial charge is 0.312 e. The van der Waals surface area contributed by atoms with Gasteiger partial charge in [0.1, 0.15) is 11.7 Å². The number of thiazole rings is 1. The van der Waals surface area contributed by atoms with Crippen LogP contribution < -0.4 is 10.6 Å². The predicted octanol–water partition coefficient (Wildman–Crippen LogP) is 2.40. The van der Waals surface area contributed by atoms with E-state index in [9.17, 15) is 4.79 Å². The largest absolute Gasteiger partial charge is 0.450 e. The molecule has 0 saturated heterocycles. The van der Waals surface area contributed by atoms with Gasteiger partial charge in [0.15, 0.2) is 0 Å². The predicted molar refractivity (Wildman–Crippen MR) is 99.6 cm³/mol. The van der Waals surface area contributed by atoms with E-state index in [1.54, 1.807) is 23.7 Å². The minimum atomic E-state index is -0.367. The molecule has 7 nitrogen and oxygen atoms in total. The van der Waals surface area contributed by atoms with Gasteiger partial charge in [-0.1, -0.05) is 0 Å². The fourth-order valence-corrected chi connectivity index (χ4v) is 3.84. The first-order valence-corrected chi connectivity index (χ1v) is 9.22. The van der Waals surface area contributed by atoms with Crippen molar-refractivity contribution in [1.29, 1.82) is 0 Å². The lowest BCUT2D eigenvalue weighted by Crippen LogP contribution is -2.13. The molecule has 0 spiro atoms. The maximum atomic E-state index is 11.8. The van der Waals surface area contributed by atoms with E-state index in [2.05, 4.69) is 9.97 Å². The van der Waals surface area contributed by atoms with Gasteiger partial charge in [-0.05, 0) is 11.4 Å². The lowest BCUT2D eigenvalue weighted by atomic mass is 10.2. The van der Waals surface area contributed by atoms with Crippen molar-refractivity contribution in [1.82, 2.24) is 15.0 Å². The maximum absolute atomic E-state index is 11.8. The minimum absolute atomic E-state index is 0.127. The number of aromatic nitrogens is 3. The third kappa shape index (κ3) is 4.01. The number of hydrogen-bond acceptors (Lipinski definition) is 9. The van der Waals surface area contributed by atoms with Crippen molar-refractivity contribution in [2.75, 3.05) is 25.7 Å². The Labute approximate surface area is 153 Å². The van der Waals surface area contributed by atoms with Crippen molar-refractivity contribution in [3.05, 3.63) is 34.1 Å². The summed E-state index contributed by atoms with van der Waals surface area (Å²) in [6.07, 6.45) is 3.61. The number of anilines is 1. The number of nitrogens with two attached hydrogens (primary N) is 1. The van der Waals surface area contributed by atoms with Crippen LogP contribution in [0.2, 0.25) is 0 Å². The lowest BCUT2D eigenvalue weighted by Gasteiger charge is -2.08. The highest BCUT2D eigenvalue weighted by molar-refractivity contribution is 7.15. The lowest BCUT2D eigenvalue weighted by molar-refractivity contribution is -0.142. The first-order valence-electron chi connectivity index (χ1n) is 7.46. The van der Waals surface area contributed by atoms with Gasteiger partial charge in [-0.2, -0.15) is 11.3 Å². The van der Waals surface area contributed by atoms with E-state index in [-0.39, 0.29) is 19.1 Å². The standard InChI is InChI=1S/C16H17N5O2S2/c1-21(2)16-18-6-11(7-19-16)15-20-14(10-3-4-24-8-10)12(25-15)5-13(22)23-9-17/h3-4,6-8H,5,9,17H2,1-2H3. The van der Waals surface area contributed by atoms with E-state index in [1.165, 1.54) is 11.3 Å². The van der Waals surface area contributed by atoms with Crippen LogP contribution in [-0.2, 0) is 16.0 Å². The molecule has 25 heavy (non-hydrogen) atoms. The van der Waals surface area contributed by atoms with Gasteiger partial charge >= 0.3 is 5.97 Å². The highest BCUT2D eigenvalue weighted by atomic mass is 32.1. The zero-order valence-corrected chi connectivity index (χ0v) is 15.4. The van der Waals surface area contributed by atoms with E-state index in [0.717, 1.165) is 26.7 Å². The first-order chi connectivity index (χ1) is 12.1. The third-order valence-electron chi connectivity index (χ3n) is 3.33. The number of carbonyl (C=O) groups excluding carboxylic acids is 1. The van der Waals surface area contributed by atoms with Crippen LogP contribution in [0, 0.1) is 0 Å². The van der Waals surface area contributed by atoms with Gasteiger partial charge < -0.3 is 9.64 Å². The molecule has 0 amide bonds. The SMILES string of the molecule is CN(C)c1ncc(-c2nc(-c3ccsc3)c(CC(=O)OCN)s2)cn1. The number of rotatable bonds is 6. The molecule has 9 heteroatoms. The summed E-state index contributed by atoms with van der Waals surface area (Å²) in [5, 5.41) is 4.75. The van der Waals surface area contributed by atoms with Crippen molar-refractivity contribution < 1.29 is 9.53 Å². The second-order valence-electron chi connectivity index (χ2n) is 5.33. The van der Waals surface area contributed by atoms with Gasteiger partial charge in [0.05, 0.1) is 12.1 Å². The van der Waals surface area contributed by atoms with Crippen LogP contribution in [0.1, 0.15) is 4.88 Å². The molecule has 130 valence electrons. The zero-order chi connectivity index (χ0) is 17.8. The molecule has 3 rings (SSSR count). The maximum Gasteiger partial charge on any atom is 0.312 e. The molecule has 3 heterocycles. The molecule has 0 fully saturated rings. The Morgan fingerprint density at radius 3 is 2.64 bits per heavy atom. The second-order valence-corrected chi connectivity index (χ2v) is 7.19. The Hall–Kier alpha value is -2.36. The summed E-state index contributed by atoms with van der Waals surface area (Å²) in [6.45, 7) is -0.127. The molecular weight excluding hydrogens is 358 g/mol. The van der Waals surface area contributed by atoms with Gasteiger partial charge in [-0.25, -0.2) is 15.0 Å². The van der Waals surface area contributed by atoms with Crippen LogP contribution in [0.15, 0.2) is 29.2 Å². The van der Waals surface area contributed by atoms with Gasteiger partial charge in [0.25, 0.3) is 0 Å². The molecule has 0 bridgehead atoms. The van der Waals surface area contributed by atoms with Gasteiger partial charge in [0.2, 0.25) is 5.95 Å². The number of thiophene rings is 1. The van der Waals surface area contributed by atoms with Crippen molar-refractivity contribution >= 4 is 34.6 Å². The Morgan fingerprint density at radius 1 is 1.28 bits per heavy atom. The Morgan fingerprint density at radius 2 is 2.04 bits per heavy atom. The van der Waals surface area contributed by atoms with Crippen molar-refractivity contribution in [2.24, 2.45) is 5.73 Å². The fourth-order valence-electron chi connectivity index (χ4n) is 2.16. The number of hydrogen-bond donors (Lipinski definition) is 1. The molecule has 0 saturated carbocycles. The summed E-state index contributed by atoms with van der Waals surface area (Å²) in [6, 6.07) is 1.98. The Balaban J connectivity index is 1.96. The normalized spacial score (nSPS) is 10.7. The summed E-state index contributed by atoms with van der Waals surface area (Å²) < 4.78 is 4.87. The molecule has 0 atom stereocenters. The van der Waals surface area contributed by atoms with Crippen molar-refractivity contribution in [3.8, 4) is 21.8 Å². The topological polar surface area (TPSA) is 94.2 Å². The van der Waals surface area contributed by atoms with Crippen LogP contribution in [-0.4, -0.2) is 41.7 Å². The highest BCUT2D eigenvalue weighted by Crippen LogP contribution is 2.35. The van der Waals surface area contributed by atoms with E-state index in [4.69, 9.17) is 15.5 Å². The van der Waals surface area contributed by atoms with Crippen LogP contribution in [0.5, 0.6) is 0 Å². The quantitative estimate of drug-likeness (QED) is 0.522. The molecule has 2 N–H and O–H groups in total. The van der Waals surface area contributed by atoms with Crippen molar-refractivity contribution in [2.45, 2.75) is 6.42 Å². The summed E-state index contributed by atoms with van der Waals surface area (Å²) in [7, 11) is 3.77. The summed E-state index contributed by atoms with van der Waals surface area (Å²) in [4.78, 5) is 27.9. The van der Waals surface area contributed by atoms with E-state index >= 15 is 0 Å². The molecular formula is C16H17N5O2S2. The highest BCUT2D eigenvalue weighted by Gasteiger charge is 2.18. The Bertz CT molecular complexity index is 844. The molecule has 0 aliphatic heterocycles. The fraction of sp³-hybridized carbons (Fsp3) is 0.250. The molecule has 3 aromatic rings. The first kappa shape index (κ1) is 17.5. The summed E-state index contributed by atoms with van der Waals surface area (Å²) in [5.74, 6) is 0.262. The monoisotopic (exact) mass is 375 g/mol. The van der Waals surface area contributed by atoms with Crippen LogP contribution in [0.3, 0.4) is 0 Å². The molecule has 0 aliphatic carbocycles. The van der Waals surface area contributed by atoms with Gasteiger partial charge in [0, 0.05) is 47.9 Å². The number of ether oxygens (including phenoxy) is 1. The van der Waals surface area contributed by atoms with E-state index in [0.29, 0.717) is 5.95 Å². The molecule has 0 unspecified atom stereocenters. The van der Waals surface area contributed by atoms with Crippen molar-refractivity contribution in [3.63, 3.8) is 0 Å². The summed E-state index contributed by atoms with van der Waals surface area (Å²) >= 11 is 3.02. The van der Waals surface area contributed by atoms with Crippen LogP contribution in [0.25, 0.3) is 21.8 Å². The third-order valence-corrected chi connectivity index (χ3v) is 5.11. The van der Waals surface area contributed by atoms with E-state index < -0.39 is 0 Å². The molecule has 0 aliphatic rings. The van der Waals surface area contributed by atoms with E-state index in [1.807, 2.05) is 35.8 Å². The van der Waals surface area contributed by atoms with Gasteiger partial charge in [-0.15, -0.1) is 11.3 Å². The van der Waals surface area contributed by atoms with Crippen LogP contribution >= 0.6 is 22.7 Å². The average molecular weight is 375 g/mol. The molecule has 0 aromatic carbocycles. The minimum Gasteiger partial charge on any atom is -0.450 e. The van der Waals surface area contributed by atoms with Crippen LogP contribution in [0.4, 0.5) is 5.95 Å². The Kier molecular flexibility index (Phi) is 5.37. The number of carbonyl (C=O) groups is 1. The summed E-state index contributed by atoms with van der Waals surface area (Å²) in [5.41, 5.74) is 7.85. The molecule has 0 radical (unpaired) electrons.